The van der Waals surface area contributed by atoms with Gasteiger partial charge in [-0.2, -0.15) is 0 Å². The zero-order valence-corrected chi connectivity index (χ0v) is 8.07. The highest BCUT2D eigenvalue weighted by Crippen LogP contribution is 2.32. The number of carbonyl (C=O) groups is 1. The molecule has 0 saturated carbocycles. The first-order valence-electron chi connectivity index (χ1n) is 5.21. The van der Waals surface area contributed by atoms with Crippen molar-refractivity contribution in [3.8, 4) is 0 Å². The summed E-state index contributed by atoms with van der Waals surface area (Å²) in [5.74, 6) is 0.644. The van der Waals surface area contributed by atoms with Gasteiger partial charge in [-0.1, -0.05) is 13.3 Å². The molecular formula is C10H17NO2. The van der Waals surface area contributed by atoms with E-state index >= 15 is 0 Å². The van der Waals surface area contributed by atoms with Gasteiger partial charge in [0.2, 0.25) is 5.91 Å². The van der Waals surface area contributed by atoms with Gasteiger partial charge >= 0.3 is 0 Å². The summed E-state index contributed by atoms with van der Waals surface area (Å²) in [6, 6.07) is 0.131. The largest absolute Gasteiger partial charge is 0.391 e. The van der Waals surface area contributed by atoms with Crippen molar-refractivity contribution in [3.63, 3.8) is 0 Å². The summed E-state index contributed by atoms with van der Waals surface area (Å²) in [6.07, 6.45) is 3.22. The molecule has 2 fully saturated rings. The van der Waals surface area contributed by atoms with Crippen LogP contribution >= 0.6 is 0 Å². The normalized spacial score (nSPS) is 39.4. The van der Waals surface area contributed by atoms with E-state index in [1.165, 1.54) is 0 Å². The monoisotopic (exact) mass is 183 g/mol. The van der Waals surface area contributed by atoms with E-state index in [1.54, 1.807) is 0 Å². The molecule has 0 aliphatic carbocycles. The number of amides is 1. The van der Waals surface area contributed by atoms with Crippen LogP contribution in [0.4, 0.5) is 0 Å². The lowest BCUT2D eigenvalue weighted by Gasteiger charge is -2.39. The lowest BCUT2D eigenvalue weighted by Crippen LogP contribution is -2.50. The molecule has 3 heteroatoms. The third-order valence-corrected chi connectivity index (χ3v) is 3.52. The van der Waals surface area contributed by atoms with E-state index in [4.69, 9.17) is 0 Å². The van der Waals surface area contributed by atoms with E-state index in [9.17, 15) is 9.90 Å². The van der Waals surface area contributed by atoms with Crippen LogP contribution in [0.15, 0.2) is 0 Å². The van der Waals surface area contributed by atoms with Crippen LogP contribution in [-0.4, -0.2) is 34.6 Å². The quantitative estimate of drug-likeness (QED) is 0.652. The smallest absolute Gasteiger partial charge is 0.222 e. The molecule has 3 atom stereocenters. The summed E-state index contributed by atoms with van der Waals surface area (Å²) in [7, 11) is 0. The fourth-order valence-electron chi connectivity index (χ4n) is 2.64. The van der Waals surface area contributed by atoms with Crippen LogP contribution in [0, 0.1) is 5.92 Å². The first kappa shape index (κ1) is 9.00. The first-order chi connectivity index (χ1) is 6.24. The van der Waals surface area contributed by atoms with Gasteiger partial charge in [0, 0.05) is 13.0 Å². The average Bonchev–Trinajstić information content (AvgIpc) is 2.50. The Morgan fingerprint density at radius 2 is 2.31 bits per heavy atom. The maximum absolute atomic E-state index is 11.4. The fraction of sp³-hybridized carbons (Fsp3) is 0.900. The average molecular weight is 183 g/mol. The fourth-order valence-corrected chi connectivity index (χ4v) is 2.64. The number of aliphatic hydroxyl groups excluding tert-OH is 1. The van der Waals surface area contributed by atoms with E-state index in [2.05, 4.69) is 6.92 Å². The number of aliphatic hydroxyl groups is 1. The van der Waals surface area contributed by atoms with Crippen molar-refractivity contribution in [1.29, 1.82) is 0 Å². The Bertz CT molecular complexity index is 217. The van der Waals surface area contributed by atoms with E-state index in [1.807, 2.05) is 4.90 Å². The van der Waals surface area contributed by atoms with Crippen molar-refractivity contribution < 1.29 is 9.90 Å². The number of nitrogens with zero attached hydrogens (tertiary/aromatic N) is 1. The molecule has 2 saturated heterocycles. The van der Waals surface area contributed by atoms with Gasteiger partial charge in [0.05, 0.1) is 12.1 Å². The summed E-state index contributed by atoms with van der Waals surface area (Å²) in [6.45, 7) is 2.97. The Morgan fingerprint density at radius 3 is 3.00 bits per heavy atom. The van der Waals surface area contributed by atoms with Gasteiger partial charge in [-0.15, -0.1) is 0 Å². The lowest BCUT2D eigenvalue weighted by molar-refractivity contribution is -0.133. The molecule has 2 aliphatic heterocycles. The highest BCUT2D eigenvalue weighted by atomic mass is 16.3. The van der Waals surface area contributed by atoms with Gasteiger partial charge in [-0.3, -0.25) is 4.79 Å². The van der Waals surface area contributed by atoms with Crippen molar-refractivity contribution in [2.24, 2.45) is 5.92 Å². The van der Waals surface area contributed by atoms with Crippen molar-refractivity contribution >= 4 is 5.91 Å². The predicted octanol–water partition coefficient (Wildman–Crippen LogP) is 0.768. The Hall–Kier alpha value is -0.570. The molecule has 0 aromatic rings. The highest BCUT2D eigenvalue weighted by Gasteiger charge is 2.41. The van der Waals surface area contributed by atoms with Gasteiger partial charge in [-0.05, 0) is 18.8 Å². The van der Waals surface area contributed by atoms with Gasteiger partial charge in [0.15, 0.2) is 0 Å². The topological polar surface area (TPSA) is 40.5 Å². The third kappa shape index (κ3) is 1.35. The Kier molecular flexibility index (Phi) is 2.28. The van der Waals surface area contributed by atoms with Crippen molar-refractivity contribution in [2.75, 3.05) is 6.54 Å². The number of hydrogen-bond acceptors (Lipinski definition) is 2. The first-order valence-corrected chi connectivity index (χ1v) is 5.21. The van der Waals surface area contributed by atoms with E-state index in [0.29, 0.717) is 12.3 Å². The molecule has 0 aromatic heterocycles. The molecule has 0 bridgehead atoms. The number of hydrogen-bond donors (Lipinski definition) is 1. The van der Waals surface area contributed by atoms with Crippen LogP contribution < -0.4 is 0 Å². The molecule has 2 heterocycles. The standard InChI is InChI=1S/C10H17NO2/c1-2-7-5-6-11-8(10(7)13)3-4-9(11)12/h7-8,10,13H,2-6H2,1H3/t7-,8+,10+/m1/s1. The zero-order valence-electron chi connectivity index (χ0n) is 8.07. The molecule has 13 heavy (non-hydrogen) atoms. The maximum Gasteiger partial charge on any atom is 0.222 e. The number of rotatable bonds is 1. The molecule has 0 aromatic carbocycles. The molecule has 0 radical (unpaired) electrons. The molecule has 1 amide bonds. The van der Waals surface area contributed by atoms with Crippen LogP contribution in [-0.2, 0) is 4.79 Å². The van der Waals surface area contributed by atoms with Gasteiger partial charge in [0.1, 0.15) is 0 Å². The van der Waals surface area contributed by atoms with E-state index in [-0.39, 0.29) is 18.1 Å². The van der Waals surface area contributed by atoms with Crippen LogP contribution in [0.3, 0.4) is 0 Å². The van der Waals surface area contributed by atoms with Crippen molar-refractivity contribution in [1.82, 2.24) is 4.90 Å². The minimum Gasteiger partial charge on any atom is -0.391 e. The number of piperidine rings is 1. The van der Waals surface area contributed by atoms with Crippen molar-refractivity contribution in [3.05, 3.63) is 0 Å². The van der Waals surface area contributed by atoms with Crippen LogP contribution in [0.1, 0.15) is 32.6 Å². The summed E-state index contributed by atoms with van der Waals surface area (Å²) in [5, 5.41) is 9.96. The number of carbonyl (C=O) groups excluding carboxylic acids is 1. The second kappa shape index (κ2) is 3.29. The molecular weight excluding hydrogens is 166 g/mol. The summed E-state index contributed by atoms with van der Waals surface area (Å²) in [4.78, 5) is 13.2. The van der Waals surface area contributed by atoms with Crippen LogP contribution in [0.5, 0.6) is 0 Å². The SMILES string of the molecule is CC[C@@H]1CCN2C(=O)CC[C@H]2[C@H]1O. The minimum absolute atomic E-state index is 0.131. The molecule has 0 spiro atoms. The Balaban J connectivity index is 2.09. The van der Waals surface area contributed by atoms with Crippen LogP contribution in [0.2, 0.25) is 0 Å². The van der Waals surface area contributed by atoms with Gasteiger partial charge in [-0.25, -0.2) is 0 Å². The highest BCUT2D eigenvalue weighted by molar-refractivity contribution is 5.79. The van der Waals surface area contributed by atoms with Gasteiger partial charge in [0.25, 0.3) is 0 Å². The lowest BCUT2D eigenvalue weighted by atomic mass is 9.86. The molecule has 2 aliphatic rings. The molecule has 74 valence electrons. The summed E-state index contributed by atoms with van der Waals surface area (Å²) in [5.41, 5.74) is 0. The maximum atomic E-state index is 11.4. The van der Waals surface area contributed by atoms with Crippen LogP contribution in [0.25, 0.3) is 0 Å². The van der Waals surface area contributed by atoms with E-state index in [0.717, 1.165) is 25.8 Å². The second-order valence-corrected chi connectivity index (χ2v) is 4.14. The second-order valence-electron chi connectivity index (χ2n) is 4.14. The molecule has 0 unspecified atom stereocenters. The zero-order chi connectivity index (χ0) is 9.42. The predicted molar refractivity (Wildman–Crippen MR) is 49.1 cm³/mol. The third-order valence-electron chi connectivity index (χ3n) is 3.52. The van der Waals surface area contributed by atoms with Gasteiger partial charge < -0.3 is 10.0 Å². The summed E-state index contributed by atoms with van der Waals surface area (Å²) >= 11 is 0. The Labute approximate surface area is 78.7 Å². The molecule has 3 nitrogen and oxygen atoms in total. The molecule has 2 rings (SSSR count). The number of fused-ring (bicyclic) bond motifs is 1. The summed E-state index contributed by atoms with van der Waals surface area (Å²) < 4.78 is 0. The Morgan fingerprint density at radius 1 is 1.54 bits per heavy atom. The van der Waals surface area contributed by atoms with Crippen molar-refractivity contribution in [2.45, 2.75) is 44.8 Å². The molecule has 1 N–H and O–H groups in total. The van der Waals surface area contributed by atoms with E-state index < -0.39 is 0 Å². The minimum atomic E-state index is -0.273.